The van der Waals surface area contributed by atoms with Gasteiger partial charge in [-0.05, 0) is 31.5 Å². The second-order valence-corrected chi connectivity index (χ2v) is 6.21. The second kappa shape index (κ2) is 5.46. The van der Waals surface area contributed by atoms with E-state index in [0.29, 0.717) is 5.02 Å². The number of rotatable bonds is 5. The number of ether oxygens (including phenoxy) is 2. The molecule has 2 N–H and O–H groups in total. The third-order valence-electron chi connectivity index (χ3n) is 4.81. The van der Waals surface area contributed by atoms with Gasteiger partial charge in [0.05, 0.1) is 12.1 Å². The van der Waals surface area contributed by atoms with Gasteiger partial charge in [-0.3, -0.25) is 0 Å². The first-order valence-electron chi connectivity index (χ1n) is 7.71. The lowest BCUT2D eigenvalue weighted by Crippen LogP contribution is -2.43. The Balaban J connectivity index is 2.21. The monoisotopic (exact) mass is 344 g/mol. The first-order chi connectivity index (χ1) is 11.5. The summed E-state index contributed by atoms with van der Waals surface area (Å²) in [6.45, 7) is 4.11. The van der Waals surface area contributed by atoms with Gasteiger partial charge in [0, 0.05) is 24.2 Å². The van der Waals surface area contributed by atoms with Gasteiger partial charge < -0.3 is 15.2 Å². The smallest absolute Gasteiger partial charge is 0.293 e. The third-order valence-corrected chi connectivity index (χ3v) is 5.06. The van der Waals surface area contributed by atoms with Gasteiger partial charge in [-0.25, -0.2) is 4.99 Å². The summed E-state index contributed by atoms with van der Waals surface area (Å²) in [4.78, 5) is 4.29. The van der Waals surface area contributed by atoms with Crippen molar-refractivity contribution >= 4 is 17.4 Å². The molecule has 2 aliphatic rings. The van der Waals surface area contributed by atoms with Crippen molar-refractivity contribution in [2.45, 2.75) is 25.7 Å². The number of halogens is 1. The van der Waals surface area contributed by atoms with Crippen LogP contribution in [0.4, 0.5) is 0 Å². The van der Waals surface area contributed by atoms with Gasteiger partial charge in [0.25, 0.3) is 5.91 Å². The van der Waals surface area contributed by atoms with Crippen molar-refractivity contribution in [3.05, 3.63) is 34.9 Å². The summed E-state index contributed by atoms with van der Waals surface area (Å²) in [7, 11) is 0. The van der Waals surface area contributed by atoms with Crippen molar-refractivity contribution in [3.63, 3.8) is 0 Å². The highest BCUT2D eigenvalue weighted by Crippen LogP contribution is 2.81. The van der Waals surface area contributed by atoms with Crippen LogP contribution in [0.25, 0.3) is 0 Å². The number of fused-ring (bicyclic) bond motifs is 1. The van der Waals surface area contributed by atoms with Gasteiger partial charge in [-0.2, -0.15) is 10.5 Å². The van der Waals surface area contributed by atoms with Crippen LogP contribution in [-0.4, -0.2) is 25.0 Å². The number of nitrogens with zero attached hydrogens (tertiary/aromatic N) is 3. The molecule has 6 nitrogen and oxygen atoms in total. The van der Waals surface area contributed by atoms with E-state index in [2.05, 4.69) is 17.1 Å². The lowest BCUT2D eigenvalue weighted by Gasteiger charge is -2.31. The number of aliphatic imine (C=N–C) groups is 1. The number of hydrogen-bond donors (Lipinski definition) is 1. The zero-order chi connectivity index (χ0) is 17.6. The molecule has 1 heterocycles. The van der Waals surface area contributed by atoms with Gasteiger partial charge in [0.15, 0.2) is 5.41 Å². The largest absolute Gasteiger partial charge is 0.386 e. The maximum atomic E-state index is 10.0. The molecular weight excluding hydrogens is 328 g/mol. The van der Waals surface area contributed by atoms with E-state index >= 15 is 0 Å². The average Bonchev–Trinajstić information content (AvgIpc) is 3.15. The summed E-state index contributed by atoms with van der Waals surface area (Å²) in [5, 5.41) is 20.5. The molecule has 0 bridgehead atoms. The van der Waals surface area contributed by atoms with E-state index in [1.54, 1.807) is 38.1 Å². The van der Waals surface area contributed by atoms with E-state index in [4.69, 9.17) is 26.8 Å². The lowest BCUT2D eigenvalue weighted by molar-refractivity contribution is -0.255. The maximum Gasteiger partial charge on any atom is 0.293 e. The first kappa shape index (κ1) is 16.7. The minimum Gasteiger partial charge on any atom is -0.386 e. The van der Waals surface area contributed by atoms with Gasteiger partial charge >= 0.3 is 0 Å². The Morgan fingerprint density at radius 3 is 2.21 bits per heavy atom. The molecule has 3 unspecified atom stereocenters. The summed E-state index contributed by atoms with van der Waals surface area (Å²) in [6.07, 6.45) is 0. The molecule has 0 amide bonds. The standard InChI is InChI=1S/C17H17ClN4O2/c1-3-23-17(24-4-2)16(10-20)13(11-5-7-12(18)8-6-11)15(16,9-19)14(21)22-17/h5-8,13H,3-4H2,1-2H3,(H2,21,22). The van der Waals surface area contributed by atoms with Gasteiger partial charge in [0.1, 0.15) is 11.3 Å². The summed E-state index contributed by atoms with van der Waals surface area (Å²) in [5.41, 5.74) is 4.31. The highest BCUT2D eigenvalue weighted by atomic mass is 35.5. The van der Waals surface area contributed by atoms with Crippen LogP contribution in [0.5, 0.6) is 0 Å². The fourth-order valence-electron chi connectivity index (χ4n) is 3.90. The molecule has 1 aromatic carbocycles. The maximum absolute atomic E-state index is 10.0. The number of amidine groups is 1. The van der Waals surface area contributed by atoms with Crippen molar-refractivity contribution in [2.24, 2.45) is 21.6 Å². The Morgan fingerprint density at radius 2 is 1.75 bits per heavy atom. The number of nitrogens with two attached hydrogens (primary N) is 1. The molecule has 0 spiro atoms. The lowest BCUT2D eigenvalue weighted by atomic mass is 9.93. The molecule has 124 valence electrons. The van der Waals surface area contributed by atoms with Crippen LogP contribution < -0.4 is 5.73 Å². The summed E-state index contributed by atoms with van der Waals surface area (Å²) in [5.74, 6) is -1.99. The molecular formula is C17H17ClN4O2. The van der Waals surface area contributed by atoms with Crippen molar-refractivity contribution in [3.8, 4) is 12.1 Å². The fourth-order valence-corrected chi connectivity index (χ4v) is 4.03. The second-order valence-electron chi connectivity index (χ2n) is 5.77. The number of nitriles is 2. The Morgan fingerprint density at radius 1 is 1.17 bits per heavy atom. The van der Waals surface area contributed by atoms with Crippen molar-refractivity contribution in [2.75, 3.05) is 13.2 Å². The predicted molar refractivity (Wildman–Crippen MR) is 87.9 cm³/mol. The van der Waals surface area contributed by atoms with Crippen molar-refractivity contribution < 1.29 is 9.47 Å². The summed E-state index contributed by atoms with van der Waals surface area (Å²) < 4.78 is 11.5. The molecule has 3 atom stereocenters. The quantitative estimate of drug-likeness (QED) is 0.826. The molecule has 1 aromatic rings. The predicted octanol–water partition coefficient (Wildman–Crippen LogP) is 2.55. The molecule has 1 aliphatic carbocycles. The molecule has 0 radical (unpaired) electrons. The Bertz CT molecular complexity index is 773. The Kier molecular flexibility index (Phi) is 3.80. The van der Waals surface area contributed by atoms with Crippen LogP contribution in [-0.2, 0) is 9.47 Å². The van der Waals surface area contributed by atoms with Crippen LogP contribution in [0.15, 0.2) is 29.3 Å². The van der Waals surface area contributed by atoms with E-state index < -0.39 is 22.7 Å². The fraction of sp³-hybridized carbons (Fsp3) is 0.471. The zero-order valence-corrected chi connectivity index (χ0v) is 14.2. The van der Waals surface area contributed by atoms with Crippen molar-refractivity contribution in [1.29, 1.82) is 10.5 Å². The van der Waals surface area contributed by atoms with E-state index in [-0.39, 0.29) is 19.0 Å². The highest BCUT2D eigenvalue weighted by molar-refractivity contribution is 6.30. The van der Waals surface area contributed by atoms with E-state index in [1.165, 1.54) is 0 Å². The number of benzene rings is 1. The molecule has 0 aromatic heterocycles. The molecule has 24 heavy (non-hydrogen) atoms. The van der Waals surface area contributed by atoms with Gasteiger partial charge in [0.2, 0.25) is 0 Å². The van der Waals surface area contributed by atoms with E-state index in [9.17, 15) is 10.5 Å². The SMILES string of the molecule is CCOC1(OCC)N=C(N)C2(C#N)C(c3ccc(Cl)cc3)C12C#N. The third kappa shape index (κ3) is 1.68. The van der Waals surface area contributed by atoms with Crippen LogP contribution in [0, 0.1) is 33.5 Å². The molecule has 7 heteroatoms. The molecule has 3 rings (SSSR count). The van der Waals surface area contributed by atoms with Crippen LogP contribution in [0.2, 0.25) is 5.02 Å². The topological polar surface area (TPSA) is 104 Å². The minimum atomic E-state index is -1.57. The zero-order valence-electron chi connectivity index (χ0n) is 13.4. The number of hydrogen-bond acceptors (Lipinski definition) is 6. The normalized spacial score (nSPS) is 32.4. The van der Waals surface area contributed by atoms with E-state index in [0.717, 1.165) is 5.56 Å². The molecule has 1 fully saturated rings. The first-order valence-corrected chi connectivity index (χ1v) is 8.09. The van der Waals surface area contributed by atoms with E-state index in [1.807, 2.05) is 0 Å². The average molecular weight is 345 g/mol. The molecule has 1 saturated carbocycles. The Labute approximate surface area is 145 Å². The summed E-state index contributed by atoms with van der Waals surface area (Å²) in [6, 6.07) is 11.5. The summed E-state index contributed by atoms with van der Waals surface area (Å²) >= 11 is 5.95. The van der Waals surface area contributed by atoms with Gasteiger partial charge in [-0.15, -0.1) is 0 Å². The molecule has 0 saturated heterocycles. The van der Waals surface area contributed by atoms with Crippen LogP contribution >= 0.6 is 11.6 Å². The highest BCUT2D eigenvalue weighted by Gasteiger charge is 2.93. The van der Waals surface area contributed by atoms with Crippen LogP contribution in [0.3, 0.4) is 0 Å². The minimum absolute atomic E-state index is 0.0772. The van der Waals surface area contributed by atoms with Crippen LogP contribution in [0.1, 0.15) is 25.3 Å². The van der Waals surface area contributed by atoms with Crippen molar-refractivity contribution in [1.82, 2.24) is 0 Å². The Hall–Kier alpha value is -2.12. The molecule has 1 aliphatic heterocycles. The van der Waals surface area contributed by atoms with Gasteiger partial charge in [-0.1, -0.05) is 23.7 Å².